The molecule has 4 heteroatoms. The number of hydrogen-bond donors (Lipinski definition) is 0. The van der Waals surface area contributed by atoms with Crippen LogP contribution in [0.4, 0.5) is 0 Å². The molecule has 110 valence electrons. The molecule has 0 aromatic heterocycles. The molecule has 0 aromatic rings. The molecular weight excluding hydrogens is 277 g/mol. The van der Waals surface area contributed by atoms with Crippen molar-refractivity contribution in [1.29, 1.82) is 0 Å². The Morgan fingerprint density at radius 1 is 1.00 bits per heavy atom. The molecule has 2 rings (SSSR count). The van der Waals surface area contributed by atoms with Crippen LogP contribution in [0.1, 0.15) is 27.7 Å². The average Bonchev–Trinajstić information content (AvgIpc) is 2.98. The molecular formula is C16H28BNSSi. The number of rotatable bonds is 5. The van der Waals surface area contributed by atoms with Crippen LogP contribution >= 0.6 is 11.6 Å². The first-order chi connectivity index (χ1) is 9.34. The molecule has 0 fully saturated rings. The highest BCUT2D eigenvalue weighted by atomic mass is 32.2. The molecule has 20 heavy (non-hydrogen) atoms. The van der Waals surface area contributed by atoms with Crippen LogP contribution in [0.5, 0.6) is 0 Å². The van der Waals surface area contributed by atoms with Crippen molar-refractivity contribution in [2.24, 2.45) is 0 Å². The largest absolute Gasteiger partial charge is 0.325 e. The molecule has 0 spiro atoms. The summed E-state index contributed by atoms with van der Waals surface area (Å²) in [6.07, 6.45) is 12.3. The summed E-state index contributed by atoms with van der Waals surface area (Å²) in [7, 11) is -1.32. The molecule has 1 atom stereocenters. The van der Waals surface area contributed by atoms with E-state index in [-0.39, 0.29) is 0 Å². The van der Waals surface area contributed by atoms with Gasteiger partial charge in [0.2, 0.25) is 0 Å². The Balaban J connectivity index is 2.07. The number of nitrogens with zero attached hydrogens (tertiary/aromatic N) is 1. The van der Waals surface area contributed by atoms with Gasteiger partial charge in [0, 0.05) is 4.87 Å². The van der Waals surface area contributed by atoms with Gasteiger partial charge in [-0.3, -0.25) is 0 Å². The van der Waals surface area contributed by atoms with Gasteiger partial charge in [0.05, 0.1) is 8.07 Å². The van der Waals surface area contributed by atoms with Crippen LogP contribution in [0.15, 0.2) is 36.4 Å². The molecule has 1 aliphatic carbocycles. The second-order valence-electron chi connectivity index (χ2n) is 7.08. The predicted octanol–water partition coefficient (Wildman–Crippen LogP) is 4.55. The van der Waals surface area contributed by atoms with Gasteiger partial charge in [-0.15, -0.1) is 0 Å². The maximum absolute atomic E-state index is 2.63. The van der Waals surface area contributed by atoms with E-state index >= 15 is 0 Å². The Morgan fingerprint density at radius 2 is 1.55 bits per heavy atom. The third-order valence-electron chi connectivity index (χ3n) is 4.56. The van der Waals surface area contributed by atoms with Crippen LogP contribution in [0.2, 0.25) is 18.6 Å². The fourth-order valence-electron chi connectivity index (χ4n) is 3.33. The zero-order valence-corrected chi connectivity index (χ0v) is 15.5. The normalized spacial score (nSPS) is 23.2. The standard InChI is InChI=1S/C16H28BNSSi/c1-13(2)18(14(3)4)17-12-11-16(19-17)20(5,6)15-9-7-8-10-15/h7-16H,1-6H3. The lowest BCUT2D eigenvalue weighted by Gasteiger charge is -2.37. The Labute approximate surface area is 130 Å². The van der Waals surface area contributed by atoms with Crippen molar-refractivity contribution < 1.29 is 0 Å². The first-order valence-corrected chi connectivity index (χ1v) is 11.9. The minimum absolute atomic E-state index is 0.557. The monoisotopic (exact) mass is 305 g/mol. The fourth-order valence-corrected chi connectivity index (χ4v) is 9.12. The summed E-state index contributed by atoms with van der Waals surface area (Å²) in [5.41, 5.74) is 0.704. The third-order valence-corrected chi connectivity index (χ3v) is 11.7. The molecule has 2 aliphatic rings. The van der Waals surface area contributed by atoms with E-state index in [1.165, 1.54) is 0 Å². The third kappa shape index (κ3) is 3.18. The van der Waals surface area contributed by atoms with Crippen molar-refractivity contribution in [1.82, 2.24) is 4.81 Å². The average molecular weight is 305 g/mol. The van der Waals surface area contributed by atoms with Crippen LogP contribution in [-0.2, 0) is 0 Å². The van der Waals surface area contributed by atoms with Crippen molar-refractivity contribution >= 4 is 25.8 Å². The van der Waals surface area contributed by atoms with Gasteiger partial charge in [-0.05, 0) is 17.6 Å². The van der Waals surface area contributed by atoms with Gasteiger partial charge in [0.25, 0.3) is 0 Å². The topological polar surface area (TPSA) is 3.24 Å². The summed E-state index contributed by atoms with van der Waals surface area (Å²) in [5, 5.41) is 0. The Morgan fingerprint density at radius 3 is 2.05 bits per heavy atom. The molecule has 0 saturated heterocycles. The zero-order chi connectivity index (χ0) is 14.9. The Kier molecular flexibility index (Phi) is 5.09. The van der Waals surface area contributed by atoms with Crippen molar-refractivity contribution in [3.05, 3.63) is 36.4 Å². The van der Waals surface area contributed by atoms with Crippen molar-refractivity contribution in [2.45, 2.75) is 63.3 Å². The molecule has 0 amide bonds. The zero-order valence-electron chi connectivity index (χ0n) is 13.7. The minimum atomic E-state index is -1.32. The lowest BCUT2D eigenvalue weighted by atomic mass is 9.85. The molecule has 0 N–H and O–H groups in total. The van der Waals surface area contributed by atoms with Gasteiger partial charge in [-0.2, -0.15) is 11.6 Å². The Hall–Kier alpha value is -0.188. The van der Waals surface area contributed by atoms with Gasteiger partial charge in [-0.25, -0.2) is 0 Å². The van der Waals surface area contributed by atoms with Crippen LogP contribution in [0.3, 0.4) is 0 Å². The van der Waals surface area contributed by atoms with Crippen LogP contribution in [0, 0.1) is 0 Å². The lowest BCUT2D eigenvalue weighted by Crippen LogP contribution is -2.47. The summed E-state index contributed by atoms with van der Waals surface area (Å²) < 4.78 is 0. The van der Waals surface area contributed by atoms with Crippen molar-refractivity contribution in [2.75, 3.05) is 0 Å². The molecule has 1 aliphatic heterocycles. The van der Waals surface area contributed by atoms with E-state index in [1.54, 1.807) is 0 Å². The van der Waals surface area contributed by atoms with Crippen LogP contribution in [-0.4, -0.2) is 36.0 Å². The number of hydrogen-bond acceptors (Lipinski definition) is 2. The summed E-state index contributed by atoms with van der Waals surface area (Å²) >= 11 is 2.18. The number of allylic oxidation sites excluding steroid dienone is 4. The molecule has 1 heterocycles. The first-order valence-electron chi connectivity index (χ1n) is 7.80. The van der Waals surface area contributed by atoms with Crippen LogP contribution in [0.25, 0.3) is 0 Å². The van der Waals surface area contributed by atoms with E-state index in [0.29, 0.717) is 23.8 Å². The smallest absolute Gasteiger partial charge is 0.319 e. The van der Waals surface area contributed by atoms with E-state index in [0.717, 1.165) is 4.87 Å². The van der Waals surface area contributed by atoms with Crippen molar-refractivity contribution in [3.8, 4) is 0 Å². The second kappa shape index (κ2) is 6.29. The highest BCUT2D eigenvalue weighted by Crippen LogP contribution is 2.41. The van der Waals surface area contributed by atoms with Gasteiger partial charge in [-0.1, -0.05) is 77.1 Å². The van der Waals surface area contributed by atoms with E-state index in [1.807, 2.05) is 0 Å². The molecule has 0 bridgehead atoms. The maximum Gasteiger partial charge on any atom is 0.319 e. The van der Waals surface area contributed by atoms with E-state index in [9.17, 15) is 0 Å². The lowest BCUT2D eigenvalue weighted by molar-refractivity contribution is 0.312. The molecule has 0 radical (unpaired) electrons. The van der Waals surface area contributed by atoms with Crippen LogP contribution < -0.4 is 0 Å². The molecule has 0 aromatic carbocycles. The van der Waals surface area contributed by atoms with Gasteiger partial charge in [0.1, 0.15) is 0 Å². The Bertz CT molecular complexity index is 408. The van der Waals surface area contributed by atoms with Gasteiger partial charge >= 0.3 is 6.13 Å². The predicted molar refractivity (Wildman–Crippen MR) is 97.9 cm³/mol. The highest BCUT2D eigenvalue weighted by molar-refractivity contribution is 8.27. The molecule has 1 unspecified atom stereocenters. The maximum atomic E-state index is 2.63. The van der Waals surface area contributed by atoms with Gasteiger partial charge < -0.3 is 4.81 Å². The van der Waals surface area contributed by atoms with E-state index in [2.05, 4.69) is 93.6 Å². The summed E-state index contributed by atoms with van der Waals surface area (Å²) in [6.45, 7) is 14.3. The SMILES string of the molecule is CC(C)N(B1C=CC([Si](C)(C)C2C=CC=C2)S1)C(C)C. The second-order valence-corrected chi connectivity index (χ2v) is 13.7. The summed E-state index contributed by atoms with van der Waals surface area (Å²) in [5.74, 6) is 2.45. The summed E-state index contributed by atoms with van der Waals surface area (Å²) in [4.78, 5) is 3.36. The minimum Gasteiger partial charge on any atom is -0.325 e. The quantitative estimate of drug-likeness (QED) is 0.686. The molecule has 0 saturated carbocycles. The highest BCUT2D eigenvalue weighted by Gasteiger charge is 2.42. The van der Waals surface area contributed by atoms with E-state index in [4.69, 9.17) is 0 Å². The van der Waals surface area contributed by atoms with E-state index < -0.39 is 8.07 Å². The van der Waals surface area contributed by atoms with Crippen molar-refractivity contribution in [3.63, 3.8) is 0 Å². The van der Waals surface area contributed by atoms with Gasteiger partial charge in [0.15, 0.2) is 0 Å². The molecule has 1 nitrogen and oxygen atoms in total. The first kappa shape index (κ1) is 16.2. The summed E-state index contributed by atoms with van der Waals surface area (Å²) in [6, 6.07) is 1.21. The fraction of sp³-hybridized carbons (Fsp3) is 0.625.